The van der Waals surface area contributed by atoms with E-state index in [1.165, 1.54) is 0 Å². The topological polar surface area (TPSA) is 58.6 Å². The van der Waals surface area contributed by atoms with Crippen LogP contribution in [0.2, 0.25) is 0 Å². The lowest BCUT2D eigenvalue weighted by molar-refractivity contribution is -0.123. The summed E-state index contributed by atoms with van der Waals surface area (Å²) < 4.78 is 5.04. The Balaban J connectivity index is 2.41. The number of hydrogen-bond acceptors (Lipinski definition) is 4. The van der Waals surface area contributed by atoms with Gasteiger partial charge in [0.25, 0.3) is 0 Å². The van der Waals surface area contributed by atoms with Crippen LogP contribution in [-0.4, -0.2) is 43.3 Å². The van der Waals surface area contributed by atoms with E-state index in [2.05, 4.69) is 5.32 Å². The first-order valence-corrected chi connectivity index (χ1v) is 3.29. The summed E-state index contributed by atoms with van der Waals surface area (Å²) in [4.78, 5) is 10.3. The summed E-state index contributed by atoms with van der Waals surface area (Å²) in [5.74, 6) is 0. The lowest BCUT2D eigenvalue weighted by atomic mass is 10.1. The van der Waals surface area contributed by atoms with E-state index in [-0.39, 0.29) is 12.6 Å². The highest BCUT2D eigenvalue weighted by molar-refractivity contribution is 5.57. The van der Waals surface area contributed by atoms with Crippen molar-refractivity contribution in [1.29, 1.82) is 0 Å². The van der Waals surface area contributed by atoms with Crippen LogP contribution in [0.25, 0.3) is 0 Å². The Hall–Kier alpha value is -0.450. The molecule has 0 radical (unpaired) electrons. The summed E-state index contributed by atoms with van der Waals surface area (Å²) in [5.41, 5.74) is 0. The first kappa shape index (κ1) is 7.65. The van der Waals surface area contributed by atoms with Gasteiger partial charge in [0, 0.05) is 6.54 Å². The molecule has 10 heavy (non-hydrogen) atoms. The monoisotopic (exact) mass is 145 g/mol. The van der Waals surface area contributed by atoms with Crippen molar-refractivity contribution < 1.29 is 14.6 Å². The second-order valence-corrected chi connectivity index (χ2v) is 2.21. The fraction of sp³-hybridized carbons (Fsp3) is 0.833. The van der Waals surface area contributed by atoms with Crippen LogP contribution in [0.15, 0.2) is 0 Å². The number of ether oxygens (including phenoxy) is 1. The van der Waals surface area contributed by atoms with Crippen LogP contribution in [-0.2, 0) is 9.53 Å². The maximum Gasteiger partial charge on any atom is 0.150 e. The van der Waals surface area contributed by atoms with E-state index in [4.69, 9.17) is 9.84 Å². The third-order valence-corrected chi connectivity index (χ3v) is 1.55. The zero-order valence-electron chi connectivity index (χ0n) is 5.62. The van der Waals surface area contributed by atoms with Crippen molar-refractivity contribution in [2.24, 2.45) is 0 Å². The molecule has 0 bridgehead atoms. The Morgan fingerprint density at radius 1 is 1.80 bits per heavy atom. The maximum absolute atomic E-state index is 10.3. The fourth-order valence-electron chi connectivity index (χ4n) is 0.974. The van der Waals surface area contributed by atoms with Crippen molar-refractivity contribution in [2.75, 3.05) is 19.8 Å². The summed E-state index contributed by atoms with van der Waals surface area (Å²) in [6.45, 7) is 1.19. The summed E-state index contributed by atoms with van der Waals surface area (Å²) in [6, 6.07) is -0.216. The average molecular weight is 145 g/mol. The van der Waals surface area contributed by atoms with E-state index < -0.39 is 6.10 Å². The Morgan fingerprint density at radius 2 is 2.60 bits per heavy atom. The Bertz CT molecular complexity index is 118. The second kappa shape index (κ2) is 3.65. The van der Waals surface area contributed by atoms with E-state index in [1.807, 2.05) is 0 Å². The molecule has 4 heteroatoms. The minimum atomic E-state index is -0.473. The molecule has 0 aromatic heterocycles. The van der Waals surface area contributed by atoms with Crippen LogP contribution in [0.4, 0.5) is 0 Å². The number of morpholine rings is 1. The van der Waals surface area contributed by atoms with Crippen molar-refractivity contribution in [1.82, 2.24) is 5.32 Å². The highest BCUT2D eigenvalue weighted by Gasteiger charge is 2.23. The Morgan fingerprint density at radius 3 is 3.10 bits per heavy atom. The second-order valence-electron chi connectivity index (χ2n) is 2.21. The van der Waals surface area contributed by atoms with Gasteiger partial charge in [0.1, 0.15) is 12.4 Å². The van der Waals surface area contributed by atoms with Crippen molar-refractivity contribution >= 4 is 6.29 Å². The highest BCUT2D eigenvalue weighted by atomic mass is 16.5. The van der Waals surface area contributed by atoms with Gasteiger partial charge in [-0.15, -0.1) is 0 Å². The molecule has 2 N–H and O–H groups in total. The molecule has 0 aliphatic carbocycles. The standard InChI is InChI=1S/C6H11NO3/c8-3-5-6(4-9)10-2-1-7-5/h4-8H,1-3H2. The van der Waals surface area contributed by atoms with Gasteiger partial charge in [-0.1, -0.05) is 0 Å². The van der Waals surface area contributed by atoms with Gasteiger partial charge in [-0.3, -0.25) is 0 Å². The summed E-state index contributed by atoms with van der Waals surface area (Å²) in [7, 11) is 0. The van der Waals surface area contributed by atoms with E-state index in [0.29, 0.717) is 19.4 Å². The van der Waals surface area contributed by atoms with Gasteiger partial charge in [-0.2, -0.15) is 0 Å². The molecule has 0 spiro atoms. The van der Waals surface area contributed by atoms with Gasteiger partial charge in [0.05, 0.1) is 19.3 Å². The van der Waals surface area contributed by atoms with Gasteiger partial charge in [-0.05, 0) is 0 Å². The maximum atomic E-state index is 10.3. The fourth-order valence-corrected chi connectivity index (χ4v) is 0.974. The molecule has 0 saturated carbocycles. The van der Waals surface area contributed by atoms with Crippen LogP contribution in [0.5, 0.6) is 0 Å². The summed E-state index contributed by atoms with van der Waals surface area (Å²) in [5, 5.41) is 11.7. The number of carbonyl (C=O) groups is 1. The van der Waals surface area contributed by atoms with Crippen LogP contribution in [0.3, 0.4) is 0 Å². The molecule has 2 atom stereocenters. The Labute approximate surface area is 59.2 Å². The van der Waals surface area contributed by atoms with Crippen LogP contribution >= 0.6 is 0 Å². The molecule has 1 heterocycles. The zero-order chi connectivity index (χ0) is 7.40. The van der Waals surface area contributed by atoms with Crippen molar-refractivity contribution in [3.05, 3.63) is 0 Å². The molecule has 0 aromatic carbocycles. The molecular formula is C6H11NO3. The molecule has 1 aliphatic rings. The smallest absolute Gasteiger partial charge is 0.150 e. The lowest BCUT2D eigenvalue weighted by Crippen LogP contribution is -2.51. The van der Waals surface area contributed by atoms with Gasteiger partial charge < -0.3 is 20.0 Å². The molecule has 58 valence electrons. The number of hydrogen-bond donors (Lipinski definition) is 2. The molecule has 0 amide bonds. The third-order valence-electron chi connectivity index (χ3n) is 1.55. The first-order valence-electron chi connectivity index (χ1n) is 3.29. The van der Waals surface area contributed by atoms with Gasteiger partial charge in [0.2, 0.25) is 0 Å². The van der Waals surface area contributed by atoms with Gasteiger partial charge in [-0.25, -0.2) is 0 Å². The van der Waals surface area contributed by atoms with Gasteiger partial charge >= 0.3 is 0 Å². The highest BCUT2D eigenvalue weighted by Crippen LogP contribution is 2.00. The summed E-state index contributed by atoms with van der Waals surface area (Å²) >= 11 is 0. The number of aliphatic hydroxyl groups excluding tert-OH is 1. The molecule has 0 aromatic rings. The van der Waals surface area contributed by atoms with E-state index in [1.54, 1.807) is 0 Å². The number of aliphatic hydroxyl groups is 1. The zero-order valence-corrected chi connectivity index (χ0v) is 5.62. The van der Waals surface area contributed by atoms with Crippen molar-refractivity contribution in [2.45, 2.75) is 12.1 Å². The number of aldehydes is 1. The molecule has 1 fully saturated rings. The molecule has 2 unspecified atom stereocenters. The van der Waals surface area contributed by atoms with Crippen LogP contribution in [0.1, 0.15) is 0 Å². The third kappa shape index (κ3) is 1.53. The van der Waals surface area contributed by atoms with Crippen LogP contribution in [0, 0.1) is 0 Å². The summed E-state index contributed by atoms with van der Waals surface area (Å²) in [6.07, 6.45) is 0.242. The molecular weight excluding hydrogens is 134 g/mol. The normalized spacial score (nSPS) is 33.7. The minimum Gasteiger partial charge on any atom is -0.395 e. The van der Waals surface area contributed by atoms with E-state index in [9.17, 15) is 4.79 Å². The SMILES string of the molecule is O=CC1OCCNC1CO. The Kier molecular flexibility index (Phi) is 2.80. The quantitative estimate of drug-likeness (QED) is 0.466. The minimum absolute atomic E-state index is 0.0522. The van der Waals surface area contributed by atoms with Gasteiger partial charge in [0.15, 0.2) is 0 Å². The van der Waals surface area contributed by atoms with E-state index >= 15 is 0 Å². The van der Waals surface area contributed by atoms with Crippen molar-refractivity contribution in [3.8, 4) is 0 Å². The number of nitrogens with one attached hydrogen (secondary N) is 1. The van der Waals surface area contributed by atoms with Crippen molar-refractivity contribution in [3.63, 3.8) is 0 Å². The molecule has 1 saturated heterocycles. The lowest BCUT2D eigenvalue weighted by Gasteiger charge is -2.27. The number of rotatable bonds is 2. The molecule has 4 nitrogen and oxygen atoms in total. The molecule has 1 rings (SSSR count). The number of carbonyl (C=O) groups excluding carboxylic acids is 1. The van der Waals surface area contributed by atoms with Crippen LogP contribution < -0.4 is 5.32 Å². The first-order chi connectivity index (χ1) is 4.88. The van der Waals surface area contributed by atoms with E-state index in [0.717, 1.165) is 0 Å². The largest absolute Gasteiger partial charge is 0.395 e. The average Bonchev–Trinajstić information content (AvgIpc) is 2.04. The predicted molar refractivity (Wildman–Crippen MR) is 34.7 cm³/mol. The predicted octanol–water partition coefficient (Wildman–Crippen LogP) is -1.47. The molecule has 1 aliphatic heterocycles.